The molecule has 8 nitrogen and oxygen atoms in total. The van der Waals surface area contributed by atoms with Crippen LogP contribution in [0.4, 0.5) is 0 Å². The van der Waals surface area contributed by atoms with Crippen molar-refractivity contribution in [3.05, 3.63) is 48.6 Å². The van der Waals surface area contributed by atoms with Crippen molar-refractivity contribution in [2.45, 2.75) is 238 Å². The minimum absolute atomic E-state index is 0.0860. The van der Waals surface area contributed by atoms with Gasteiger partial charge < -0.3 is 21.1 Å². The van der Waals surface area contributed by atoms with Crippen LogP contribution in [0.2, 0.25) is 0 Å². The van der Waals surface area contributed by atoms with Crippen LogP contribution < -0.4 is 11.1 Å². The van der Waals surface area contributed by atoms with E-state index in [0.717, 1.165) is 70.6 Å². The topological polar surface area (TPSA) is 131 Å². The summed E-state index contributed by atoms with van der Waals surface area (Å²) in [5.41, 5.74) is 5.39. The molecule has 0 radical (unpaired) electrons. The smallest absolute Gasteiger partial charge is 0.391 e. The standard InChI is InChI=1S/C49H93N2O6P/c1-3-5-7-9-11-13-15-17-19-21-23-24-25-27-29-31-33-35-37-39-41-43-49(53)51-47(46-57-58(54,55)56-45-44-50)48(52)42-40-38-36-34-32-30-28-26-22-20-18-16-14-12-10-8-6-4-2/h5,7,11,13,17,19,23-24,47-48,52H,3-4,6,8-10,12,14-16,18,20-22,25-46,50H2,1-2H3,(H,51,53)(H,54,55)/b7-5-,13-11-,19-17-,24-23-. The van der Waals surface area contributed by atoms with Crippen LogP contribution >= 0.6 is 7.82 Å². The van der Waals surface area contributed by atoms with Gasteiger partial charge >= 0.3 is 7.82 Å². The number of hydrogen-bond donors (Lipinski definition) is 4. The number of aliphatic hydroxyl groups excluding tert-OH is 1. The van der Waals surface area contributed by atoms with E-state index in [-0.39, 0.29) is 25.7 Å². The van der Waals surface area contributed by atoms with Gasteiger partial charge in [-0.15, -0.1) is 0 Å². The van der Waals surface area contributed by atoms with Crippen LogP contribution in [0.5, 0.6) is 0 Å². The van der Waals surface area contributed by atoms with Gasteiger partial charge in [0, 0.05) is 13.0 Å². The van der Waals surface area contributed by atoms with Crippen LogP contribution in [0.1, 0.15) is 226 Å². The van der Waals surface area contributed by atoms with E-state index in [0.29, 0.717) is 12.8 Å². The van der Waals surface area contributed by atoms with Gasteiger partial charge in [-0.3, -0.25) is 13.8 Å². The summed E-state index contributed by atoms with van der Waals surface area (Å²) < 4.78 is 22.3. The van der Waals surface area contributed by atoms with Crippen molar-refractivity contribution < 1.29 is 28.4 Å². The molecule has 3 atom stereocenters. The SMILES string of the molecule is CC/C=C\C/C=C\C/C=C\C/C=C\CCCCCCCCCCC(=O)NC(COP(=O)(O)OCCN)C(O)CCCCCCCCCCCCCCCCCCCC. The van der Waals surface area contributed by atoms with Gasteiger partial charge in [-0.25, -0.2) is 4.57 Å². The lowest BCUT2D eigenvalue weighted by atomic mass is 10.0. The van der Waals surface area contributed by atoms with Gasteiger partial charge in [-0.05, 0) is 51.4 Å². The molecule has 0 heterocycles. The van der Waals surface area contributed by atoms with Gasteiger partial charge in [-0.1, -0.05) is 217 Å². The molecule has 0 fully saturated rings. The van der Waals surface area contributed by atoms with Crippen LogP contribution in [-0.2, 0) is 18.4 Å². The highest BCUT2D eigenvalue weighted by molar-refractivity contribution is 7.47. The summed E-state index contributed by atoms with van der Waals surface area (Å²) in [7, 11) is -4.32. The van der Waals surface area contributed by atoms with Crippen molar-refractivity contribution in [1.82, 2.24) is 5.32 Å². The highest BCUT2D eigenvalue weighted by Crippen LogP contribution is 2.43. The number of phosphoric acid groups is 1. The molecule has 1 amide bonds. The molecule has 0 aromatic rings. The molecule has 0 aliphatic heterocycles. The Hall–Kier alpha value is -1.54. The lowest BCUT2D eigenvalue weighted by molar-refractivity contribution is -0.123. The summed E-state index contributed by atoms with van der Waals surface area (Å²) in [4.78, 5) is 22.8. The van der Waals surface area contributed by atoms with Crippen molar-refractivity contribution in [3.63, 3.8) is 0 Å². The highest BCUT2D eigenvalue weighted by atomic mass is 31.2. The predicted molar refractivity (Wildman–Crippen MR) is 249 cm³/mol. The van der Waals surface area contributed by atoms with Gasteiger partial charge in [-0.2, -0.15) is 0 Å². The zero-order valence-electron chi connectivity index (χ0n) is 37.8. The molecule has 5 N–H and O–H groups in total. The molecule has 0 bridgehead atoms. The Labute approximate surface area is 358 Å². The number of unbranched alkanes of at least 4 members (excludes halogenated alkanes) is 25. The molecular weight excluding hydrogens is 744 g/mol. The Morgan fingerprint density at radius 2 is 1.00 bits per heavy atom. The summed E-state index contributed by atoms with van der Waals surface area (Å²) in [5.74, 6) is -0.169. The van der Waals surface area contributed by atoms with E-state index in [1.165, 1.54) is 128 Å². The van der Waals surface area contributed by atoms with Crippen molar-refractivity contribution in [1.29, 1.82) is 0 Å². The monoisotopic (exact) mass is 837 g/mol. The second-order valence-electron chi connectivity index (χ2n) is 16.3. The number of carbonyl (C=O) groups is 1. The van der Waals surface area contributed by atoms with Crippen LogP contribution in [0.15, 0.2) is 48.6 Å². The number of carbonyl (C=O) groups excluding carboxylic acids is 1. The van der Waals surface area contributed by atoms with Crippen molar-refractivity contribution >= 4 is 13.7 Å². The number of rotatable bonds is 45. The van der Waals surface area contributed by atoms with E-state index in [9.17, 15) is 19.4 Å². The second-order valence-corrected chi connectivity index (χ2v) is 17.7. The average Bonchev–Trinajstić information content (AvgIpc) is 3.21. The minimum Gasteiger partial charge on any atom is -0.391 e. The number of allylic oxidation sites excluding steroid dienone is 8. The number of phosphoric ester groups is 1. The number of amides is 1. The molecule has 9 heteroatoms. The molecule has 0 aromatic heterocycles. The zero-order chi connectivity index (χ0) is 42.5. The first-order valence-corrected chi connectivity index (χ1v) is 25.7. The van der Waals surface area contributed by atoms with E-state index in [1.807, 2.05) is 0 Å². The highest BCUT2D eigenvalue weighted by Gasteiger charge is 2.27. The minimum atomic E-state index is -4.32. The van der Waals surface area contributed by atoms with Crippen molar-refractivity contribution in [3.8, 4) is 0 Å². The first kappa shape index (κ1) is 56.5. The van der Waals surface area contributed by atoms with Gasteiger partial charge in [0.2, 0.25) is 5.91 Å². The third-order valence-corrected chi connectivity index (χ3v) is 11.7. The largest absolute Gasteiger partial charge is 0.472 e. The maximum Gasteiger partial charge on any atom is 0.472 e. The lowest BCUT2D eigenvalue weighted by Crippen LogP contribution is -2.46. The fourth-order valence-electron chi connectivity index (χ4n) is 7.07. The molecule has 340 valence electrons. The summed E-state index contributed by atoms with van der Waals surface area (Å²) in [6, 6.07) is -0.781. The van der Waals surface area contributed by atoms with Gasteiger partial charge in [0.05, 0.1) is 25.4 Å². The molecule has 0 aliphatic rings. The molecule has 0 spiro atoms. The van der Waals surface area contributed by atoms with Gasteiger partial charge in [0.1, 0.15) is 0 Å². The number of nitrogens with two attached hydrogens (primary N) is 1. The Kier molecular flexibility index (Phi) is 43.8. The normalized spacial score (nSPS) is 14.4. The third-order valence-electron chi connectivity index (χ3n) is 10.7. The molecule has 0 saturated heterocycles. The molecule has 0 rings (SSSR count). The molecule has 58 heavy (non-hydrogen) atoms. The quantitative estimate of drug-likeness (QED) is 0.0273. The maximum absolute atomic E-state index is 12.8. The first-order valence-electron chi connectivity index (χ1n) is 24.3. The first-order chi connectivity index (χ1) is 28.4. The Morgan fingerprint density at radius 1 is 0.586 bits per heavy atom. The molecule has 0 aliphatic carbocycles. The number of aliphatic hydroxyl groups is 1. The van der Waals surface area contributed by atoms with E-state index in [1.54, 1.807) is 0 Å². The van der Waals surface area contributed by atoms with Crippen LogP contribution in [0, 0.1) is 0 Å². The Balaban J connectivity index is 4.11. The summed E-state index contributed by atoms with van der Waals surface area (Å²) in [6.07, 6.45) is 55.5. The summed E-state index contributed by atoms with van der Waals surface area (Å²) in [6.45, 7) is 4.11. The predicted octanol–water partition coefficient (Wildman–Crippen LogP) is 14.1. The lowest BCUT2D eigenvalue weighted by Gasteiger charge is -2.25. The van der Waals surface area contributed by atoms with Crippen molar-refractivity contribution in [2.75, 3.05) is 19.8 Å². The van der Waals surface area contributed by atoms with E-state index in [2.05, 4.69) is 67.8 Å². The van der Waals surface area contributed by atoms with E-state index >= 15 is 0 Å². The number of hydrogen-bond acceptors (Lipinski definition) is 6. The van der Waals surface area contributed by atoms with Gasteiger partial charge in [0.25, 0.3) is 0 Å². The molecule has 3 unspecified atom stereocenters. The fraction of sp³-hybridized carbons (Fsp3) is 0.816. The summed E-state index contributed by atoms with van der Waals surface area (Å²) in [5, 5.41) is 13.9. The van der Waals surface area contributed by atoms with Crippen LogP contribution in [-0.4, -0.2) is 47.8 Å². The average molecular weight is 837 g/mol. The van der Waals surface area contributed by atoms with Gasteiger partial charge in [0.15, 0.2) is 0 Å². The molecule has 0 aromatic carbocycles. The number of nitrogens with one attached hydrogen (secondary N) is 1. The molecular formula is C49H93N2O6P. The van der Waals surface area contributed by atoms with Crippen LogP contribution in [0.3, 0.4) is 0 Å². The fourth-order valence-corrected chi connectivity index (χ4v) is 7.83. The zero-order valence-corrected chi connectivity index (χ0v) is 38.7. The third kappa shape index (κ3) is 42.6. The Morgan fingerprint density at radius 3 is 1.47 bits per heavy atom. The second kappa shape index (κ2) is 45.0. The van der Waals surface area contributed by atoms with E-state index in [4.69, 9.17) is 14.8 Å². The maximum atomic E-state index is 12.8. The summed E-state index contributed by atoms with van der Waals surface area (Å²) >= 11 is 0. The van der Waals surface area contributed by atoms with Crippen molar-refractivity contribution in [2.24, 2.45) is 5.73 Å². The Bertz CT molecular complexity index is 1050. The van der Waals surface area contributed by atoms with E-state index < -0.39 is 20.0 Å². The van der Waals surface area contributed by atoms with Crippen LogP contribution in [0.25, 0.3) is 0 Å². The molecule has 0 saturated carbocycles.